The highest BCUT2D eigenvalue weighted by Crippen LogP contribution is 2.16. The molecule has 1 aromatic heterocycles. The van der Waals surface area contributed by atoms with Gasteiger partial charge in [0.05, 0.1) is 30.6 Å². The van der Waals surface area contributed by atoms with Gasteiger partial charge in [-0.2, -0.15) is 0 Å². The van der Waals surface area contributed by atoms with E-state index >= 15 is 0 Å². The third-order valence-corrected chi connectivity index (χ3v) is 3.60. The summed E-state index contributed by atoms with van der Waals surface area (Å²) in [5, 5.41) is 3.33. The first-order chi connectivity index (χ1) is 9.68. The standard InChI is InChI=1S/C13H21N5OS/c1-17(2)12(11-3-4-14-9-15-11)13(20)16-10-18-5-7-19-8-6-18/h3-4,9,12H,5-8,10H2,1-2H3,(H,16,20). The van der Waals surface area contributed by atoms with Crippen LogP contribution in [0.25, 0.3) is 0 Å². The van der Waals surface area contributed by atoms with Crippen molar-refractivity contribution in [1.29, 1.82) is 0 Å². The highest BCUT2D eigenvalue weighted by atomic mass is 32.1. The molecule has 1 unspecified atom stereocenters. The molecule has 1 aliphatic heterocycles. The Labute approximate surface area is 125 Å². The van der Waals surface area contributed by atoms with Crippen molar-refractivity contribution in [3.05, 3.63) is 24.3 Å². The van der Waals surface area contributed by atoms with Crippen molar-refractivity contribution in [3.8, 4) is 0 Å². The van der Waals surface area contributed by atoms with Crippen molar-refractivity contribution in [2.75, 3.05) is 47.1 Å². The van der Waals surface area contributed by atoms with E-state index in [2.05, 4.69) is 25.1 Å². The third kappa shape index (κ3) is 4.17. The second-order valence-electron chi connectivity index (χ2n) is 4.93. The normalized spacial score (nSPS) is 17.9. The van der Waals surface area contributed by atoms with Gasteiger partial charge in [0.1, 0.15) is 12.4 Å². The largest absolute Gasteiger partial charge is 0.379 e. The van der Waals surface area contributed by atoms with Crippen molar-refractivity contribution in [1.82, 2.24) is 25.1 Å². The van der Waals surface area contributed by atoms with E-state index in [1.807, 2.05) is 20.2 Å². The molecule has 0 aromatic carbocycles. The molecule has 0 bridgehead atoms. The second kappa shape index (κ2) is 7.58. The lowest BCUT2D eigenvalue weighted by molar-refractivity contribution is 0.0365. The summed E-state index contributed by atoms with van der Waals surface area (Å²) in [6.45, 7) is 4.21. The first kappa shape index (κ1) is 15.2. The summed E-state index contributed by atoms with van der Waals surface area (Å²) in [6, 6.07) is 1.86. The zero-order valence-electron chi connectivity index (χ0n) is 12.0. The summed E-state index contributed by atoms with van der Waals surface area (Å²) in [6.07, 6.45) is 3.29. The quantitative estimate of drug-likeness (QED) is 0.783. The van der Waals surface area contributed by atoms with E-state index < -0.39 is 0 Å². The number of thiocarbonyl (C=S) groups is 1. The van der Waals surface area contributed by atoms with Crippen molar-refractivity contribution >= 4 is 17.2 Å². The number of aromatic nitrogens is 2. The Bertz CT molecular complexity index is 422. The fourth-order valence-electron chi connectivity index (χ4n) is 2.14. The fraction of sp³-hybridized carbons (Fsp3) is 0.615. The zero-order chi connectivity index (χ0) is 14.4. The van der Waals surface area contributed by atoms with Gasteiger partial charge in [-0.15, -0.1) is 0 Å². The van der Waals surface area contributed by atoms with Gasteiger partial charge in [0.15, 0.2) is 0 Å². The SMILES string of the molecule is CN(C)C(C(=S)NCN1CCOCC1)c1ccncn1. The molecule has 2 rings (SSSR count). The van der Waals surface area contributed by atoms with E-state index in [-0.39, 0.29) is 6.04 Å². The molecule has 0 spiro atoms. The molecule has 1 fully saturated rings. The molecule has 0 radical (unpaired) electrons. The summed E-state index contributed by atoms with van der Waals surface area (Å²) in [7, 11) is 3.99. The molecule has 1 N–H and O–H groups in total. The molecule has 2 heterocycles. The number of morpholine rings is 1. The Morgan fingerprint density at radius 2 is 2.25 bits per heavy atom. The van der Waals surface area contributed by atoms with Crippen LogP contribution in [-0.4, -0.2) is 71.8 Å². The molecule has 1 aliphatic rings. The van der Waals surface area contributed by atoms with E-state index in [4.69, 9.17) is 17.0 Å². The Kier molecular flexibility index (Phi) is 5.78. The van der Waals surface area contributed by atoms with Gasteiger partial charge >= 0.3 is 0 Å². The number of rotatable bonds is 5. The molecule has 0 saturated carbocycles. The van der Waals surface area contributed by atoms with E-state index in [1.54, 1.807) is 12.5 Å². The molecule has 110 valence electrons. The Hall–Kier alpha value is -1.15. The average Bonchev–Trinajstić information content (AvgIpc) is 2.47. The van der Waals surface area contributed by atoms with Gasteiger partial charge in [0.2, 0.25) is 0 Å². The molecule has 0 aliphatic carbocycles. The van der Waals surface area contributed by atoms with Crippen LogP contribution >= 0.6 is 12.2 Å². The molecule has 1 atom stereocenters. The molecule has 0 amide bonds. The van der Waals surface area contributed by atoms with Crippen LogP contribution in [0.15, 0.2) is 18.6 Å². The minimum Gasteiger partial charge on any atom is -0.379 e. The lowest BCUT2D eigenvalue weighted by atomic mass is 10.2. The van der Waals surface area contributed by atoms with Gasteiger partial charge in [-0.05, 0) is 20.2 Å². The van der Waals surface area contributed by atoms with Crippen LogP contribution in [0, 0.1) is 0 Å². The third-order valence-electron chi connectivity index (χ3n) is 3.23. The molecule has 1 aromatic rings. The first-order valence-electron chi connectivity index (χ1n) is 6.68. The van der Waals surface area contributed by atoms with Crippen LogP contribution in [0.2, 0.25) is 0 Å². The fourth-order valence-corrected chi connectivity index (χ4v) is 2.54. The van der Waals surface area contributed by atoms with Crippen LogP contribution in [0.4, 0.5) is 0 Å². The summed E-state index contributed by atoms with van der Waals surface area (Å²) in [5.41, 5.74) is 0.907. The van der Waals surface area contributed by atoms with Gasteiger partial charge in [-0.3, -0.25) is 9.80 Å². The predicted octanol–water partition coefficient (Wildman–Crippen LogP) is 0.286. The molecule has 20 heavy (non-hydrogen) atoms. The number of nitrogens with one attached hydrogen (secondary N) is 1. The van der Waals surface area contributed by atoms with E-state index in [0.29, 0.717) is 0 Å². The number of hydrogen-bond acceptors (Lipinski definition) is 6. The highest BCUT2D eigenvalue weighted by molar-refractivity contribution is 7.80. The topological polar surface area (TPSA) is 53.5 Å². The van der Waals surface area contributed by atoms with Gasteiger partial charge in [0, 0.05) is 19.3 Å². The monoisotopic (exact) mass is 295 g/mol. The number of hydrogen-bond donors (Lipinski definition) is 1. The lowest BCUT2D eigenvalue weighted by Crippen LogP contribution is -2.46. The Balaban J connectivity index is 1.93. The van der Waals surface area contributed by atoms with Gasteiger partial charge < -0.3 is 10.1 Å². The molecular weight excluding hydrogens is 274 g/mol. The maximum absolute atomic E-state index is 5.53. The summed E-state index contributed by atoms with van der Waals surface area (Å²) >= 11 is 5.53. The van der Waals surface area contributed by atoms with Crippen LogP contribution in [-0.2, 0) is 4.74 Å². The number of nitrogens with zero attached hydrogens (tertiary/aromatic N) is 4. The van der Waals surface area contributed by atoms with Crippen LogP contribution in [0.5, 0.6) is 0 Å². The van der Waals surface area contributed by atoms with Crippen LogP contribution in [0.3, 0.4) is 0 Å². The molecule has 1 saturated heterocycles. The van der Waals surface area contributed by atoms with Crippen molar-refractivity contribution in [3.63, 3.8) is 0 Å². The molecule has 7 heteroatoms. The zero-order valence-corrected chi connectivity index (χ0v) is 12.8. The van der Waals surface area contributed by atoms with E-state index in [0.717, 1.165) is 43.7 Å². The Morgan fingerprint density at radius 3 is 2.85 bits per heavy atom. The summed E-state index contributed by atoms with van der Waals surface area (Å²) in [5.74, 6) is 0. The summed E-state index contributed by atoms with van der Waals surface area (Å²) < 4.78 is 5.33. The first-order valence-corrected chi connectivity index (χ1v) is 7.09. The maximum atomic E-state index is 5.53. The Morgan fingerprint density at radius 1 is 1.50 bits per heavy atom. The predicted molar refractivity (Wildman–Crippen MR) is 81.5 cm³/mol. The number of ether oxygens (including phenoxy) is 1. The smallest absolute Gasteiger partial charge is 0.115 e. The van der Waals surface area contributed by atoms with Gasteiger partial charge in [0.25, 0.3) is 0 Å². The van der Waals surface area contributed by atoms with Gasteiger partial charge in [-0.1, -0.05) is 12.2 Å². The van der Waals surface area contributed by atoms with E-state index in [1.165, 1.54) is 0 Å². The van der Waals surface area contributed by atoms with E-state index in [9.17, 15) is 0 Å². The van der Waals surface area contributed by atoms with Crippen molar-refractivity contribution < 1.29 is 4.74 Å². The summed E-state index contributed by atoms with van der Waals surface area (Å²) in [4.78, 5) is 13.4. The van der Waals surface area contributed by atoms with Crippen LogP contribution < -0.4 is 5.32 Å². The molecular formula is C13H21N5OS. The second-order valence-corrected chi connectivity index (χ2v) is 5.37. The minimum atomic E-state index is -0.0333. The highest BCUT2D eigenvalue weighted by Gasteiger charge is 2.21. The minimum absolute atomic E-state index is 0.0333. The maximum Gasteiger partial charge on any atom is 0.115 e. The average molecular weight is 295 g/mol. The van der Waals surface area contributed by atoms with Crippen molar-refractivity contribution in [2.45, 2.75) is 6.04 Å². The molecule has 6 nitrogen and oxygen atoms in total. The number of likely N-dealkylation sites (N-methyl/N-ethyl adjacent to an activating group) is 1. The van der Waals surface area contributed by atoms with Gasteiger partial charge in [-0.25, -0.2) is 9.97 Å². The van der Waals surface area contributed by atoms with Crippen molar-refractivity contribution in [2.24, 2.45) is 0 Å². The van der Waals surface area contributed by atoms with Crippen LogP contribution in [0.1, 0.15) is 11.7 Å². The lowest BCUT2D eigenvalue weighted by Gasteiger charge is -2.30.